The molecule has 1 aromatic carbocycles. The number of nitrogens with zero attached hydrogens (tertiary/aromatic N) is 2. The summed E-state index contributed by atoms with van der Waals surface area (Å²) in [7, 11) is 0. The average Bonchev–Trinajstić information content (AvgIpc) is 2.59. The lowest BCUT2D eigenvalue weighted by Gasteiger charge is -2.10. The minimum absolute atomic E-state index is 0.0735. The largest absolute Gasteiger partial charge is 0.484 e. The number of Topliss-reactive ketones (excluding diaryl/α,β-unsaturated/α-hetero) is 1. The second-order valence-corrected chi connectivity index (χ2v) is 6.05. The molecule has 6 nitrogen and oxygen atoms in total. The van der Waals surface area contributed by atoms with Crippen LogP contribution in [0.5, 0.6) is 5.75 Å². The number of aryl methyl sites for hydroxylation is 1. The van der Waals surface area contributed by atoms with Crippen LogP contribution >= 0.6 is 0 Å². The van der Waals surface area contributed by atoms with E-state index in [1.165, 1.54) is 0 Å². The van der Waals surface area contributed by atoms with E-state index in [2.05, 4.69) is 15.3 Å². The van der Waals surface area contributed by atoms with Crippen molar-refractivity contribution in [1.29, 1.82) is 0 Å². The highest BCUT2D eigenvalue weighted by atomic mass is 16.5. The molecule has 0 fully saturated rings. The first-order valence-corrected chi connectivity index (χ1v) is 8.30. The van der Waals surface area contributed by atoms with E-state index in [-0.39, 0.29) is 24.2 Å². The fourth-order valence-electron chi connectivity index (χ4n) is 2.18. The molecule has 132 valence electrons. The van der Waals surface area contributed by atoms with Gasteiger partial charge >= 0.3 is 0 Å². The zero-order valence-electron chi connectivity index (χ0n) is 15.0. The molecule has 1 amide bonds. The predicted octanol–water partition coefficient (Wildman–Crippen LogP) is 3.52. The first kappa shape index (κ1) is 18.6. The molecule has 0 saturated carbocycles. The molecule has 2 aromatic rings. The number of rotatable bonds is 7. The van der Waals surface area contributed by atoms with E-state index in [0.717, 1.165) is 5.69 Å². The normalized spacial score (nSPS) is 10.6. The summed E-state index contributed by atoms with van der Waals surface area (Å²) in [6.07, 6.45) is 0.458. The van der Waals surface area contributed by atoms with Crippen molar-refractivity contribution in [3.8, 4) is 5.75 Å². The molecule has 0 unspecified atom stereocenters. The molecule has 0 atom stereocenters. The van der Waals surface area contributed by atoms with Crippen molar-refractivity contribution in [2.75, 3.05) is 11.9 Å². The number of ketones is 1. The fraction of sp³-hybridized carbons (Fsp3) is 0.368. The van der Waals surface area contributed by atoms with Crippen molar-refractivity contribution in [2.24, 2.45) is 0 Å². The van der Waals surface area contributed by atoms with Gasteiger partial charge in [0.2, 0.25) is 0 Å². The number of aromatic nitrogens is 2. The number of hydrogen-bond donors (Lipinski definition) is 1. The van der Waals surface area contributed by atoms with Crippen molar-refractivity contribution >= 4 is 17.5 Å². The van der Waals surface area contributed by atoms with Crippen LogP contribution in [0.15, 0.2) is 30.3 Å². The third-order valence-corrected chi connectivity index (χ3v) is 3.52. The second kappa shape index (κ2) is 8.37. The van der Waals surface area contributed by atoms with Crippen molar-refractivity contribution in [3.63, 3.8) is 0 Å². The van der Waals surface area contributed by atoms with Gasteiger partial charge in [0, 0.05) is 29.7 Å². The third-order valence-electron chi connectivity index (χ3n) is 3.52. The lowest BCUT2D eigenvalue weighted by atomic mass is 10.1. The number of benzene rings is 1. The summed E-state index contributed by atoms with van der Waals surface area (Å²) in [5.74, 6) is 1.63. The molecule has 0 radical (unpaired) electrons. The quantitative estimate of drug-likeness (QED) is 0.779. The number of amides is 1. The van der Waals surface area contributed by atoms with E-state index in [1.54, 1.807) is 30.3 Å². The van der Waals surface area contributed by atoms with Gasteiger partial charge in [-0.15, -0.1) is 0 Å². The van der Waals surface area contributed by atoms with Crippen LogP contribution in [0.4, 0.5) is 5.82 Å². The second-order valence-electron chi connectivity index (χ2n) is 6.05. The average molecular weight is 341 g/mol. The monoisotopic (exact) mass is 341 g/mol. The maximum atomic E-state index is 12.0. The minimum Gasteiger partial charge on any atom is -0.484 e. The molecule has 6 heteroatoms. The van der Waals surface area contributed by atoms with Gasteiger partial charge in [0.25, 0.3) is 5.91 Å². The van der Waals surface area contributed by atoms with Gasteiger partial charge in [0.05, 0.1) is 0 Å². The molecule has 0 aliphatic carbocycles. The number of carbonyl (C=O) groups excluding carboxylic acids is 2. The molecule has 1 N–H and O–H groups in total. The summed E-state index contributed by atoms with van der Waals surface area (Å²) in [4.78, 5) is 32.3. The van der Waals surface area contributed by atoms with Crippen molar-refractivity contribution in [3.05, 3.63) is 47.4 Å². The van der Waals surface area contributed by atoms with Crippen LogP contribution in [0.25, 0.3) is 0 Å². The summed E-state index contributed by atoms with van der Waals surface area (Å²) in [5.41, 5.74) is 1.43. The smallest absolute Gasteiger partial charge is 0.263 e. The number of ether oxygens (including phenoxy) is 1. The fourth-order valence-corrected chi connectivity index (χ4v) is 2.18. The summed E-state index contributed by atoms with van der Waals surface area (Å²) in [6, 6.07) is 8.47. The van der Waals surface area contributed by atoms with E-state index in [4.69, 9.17) is 4.74 Å². The Morgan fingerprint density at radius 1 is 1.16 bits per heavy atom. The van der Waals surface area contributed by atoms with Crippen LogP contribution in [0.1, 0.15) is 55.0 Å². The number of anilines is 1. The Labute approximate surface area is 147 Å². The highest BCUT2D eigenvalue weighted by Gasteiger charge is 2.10. The van der Waals surface area contributed by atoms with Gasteiger partial charge in [0.15, 0.2) is 12.4 Å². The summed E-state index contributed by atoms with van der Waals surface area (Å²) >= 11 is 0. The van der Waals surface area contributed by atoms with E-state index in [1.807, 2.05) is 27.7 Å². The first-order valence-electron chi connectivity index (χ1n) is 8.30. The molecule has 0 saturated heterocycles. The number of hydrogen-bond acceptors (Lipinski definition) is 5. The molecule has 0 bridgehead atoms. The maximum Gasteiger partial charge on any atom is 0.263 e. The van der Waals surface area contributed by atoms with E-state index in [9.17, 15) is 9.59 Å². The zero-order chi connectivity index (χ0) is 18.4. The zero-order valence-corrected chi connectivity index (χ0v) is 15.0. The van der Waals surface area contributed by atoms with Crippen LogP contribution in [-0.2, 0) is 4.79 Å². The number of carbonyl (C=O) groups is 2. The van der Waals surface area contributed by atoms with E-state index in [0.29, 0.717) is 29.4 Å². The van der Waals surface area contributed by atoms with Gasteiger partial charge < -0.3 is 10.1 Å². The van der Waals surface area contributed by atoms with Crippen LogP contribution < -0.4 is 10.1 Å². The Morgan fingerprint density at radius 2 is 1.84 bits per heavy atom. The molecule has 0 spiro atoms. The van der Waals surface area contributed by atoms with Crippen molar-refractivity contribution < 1.29 is 14.3 Å². The Morgan fingerprint density at radius 3 is 2.44 bits per heavy atom. The van der Waals surface area contributed by atoms with Gasteiger partial charge in [-0.1, -0.05) is 20.8 Å². The van der Waals surface area contributed by atoms with Gasteiger partial charge in [-0.05, 0) is 31.2 Å². The van der Waals surface area contributed by atoms with Gasteiger partial charge in [-0.25, -0.2) is 9.97 Å². The van der Waals surface area contributed by atoms with Crippen LogP contribution in [0.2, 0.25) is 0 Å². The predicted molar refractivity (Wildman–Crippen MR) is 96.0 cm³/mol. The van der Waals surface area contributed by atoms with Crippen molar-refractivity contribution in [2.45, 2.75) is 40.0 Å². The van der Waals surface area contributed by atoms with Crippen LogP contribution in [-0.4, -0.2) is 28.3 Å². The Balaban J connectivity index is 1.93. The number of nitrogens with one attached hydrogen (secondary N) is 1. The molecule has 1 heterocycles. The van der Waals surface area contributed by atoms with E-state index >= 15 is 0 Å². The van der Waals surface area contributed by atoms with Gasteiger partial charge in [0.1, 0.15) is 17.4 Å². The molecule has 0 aliphatic rings. The SMILES string of the molecule is CCC(=O)c1ccc(OCC(=O)Nc2cc(C)nc(C(C)C)n2)cc1. The van der Waals surface area contributed by atoms with Crippen molar-refractivity contribution in [1.82, 2.24) is 9.97 Å². The third kappa shape index (κ3) is 5.38. The molecular formula is C19H23N3O3. The Bertz CT molecular complexity index is 755. The minimum atomic E-state index is -0.304. The highest BCUT2D eigenvalue weighted by Crippen LogP contribution is 2.15. The van der Waals surface area contributed by atoms with Crippen LogP contribution in [0.3, 0.4) is 0 Å². The molecule has 25 heavy (non-hydrogen) atoms. The highest BCUT2D eigenvalue weighted by molar-refractivity contribution is 5.96. The Hall–Kier alpha value is -2.76. The topological polar surface area (TPSA) is 81.2 Å². The molecule has 2 rings (SSSR count). The lowest BCUT2D eigenvalue weighted by molar-refractivity contribution is -0.118. The molecule has 0 aliphatic heterocycles. The maximum absolute atomic E-state index is 12.0. The standard InChI is InChI=1S/C19H23N3O3/c1-5-16(23)14-6-8-15(9-7-14)25-11-18(24)21-17-10-13(4)20-19(22-17)12(2)3/h6-10,12H,5,11H2,1-4H3,(H,20,21,22,24). The molecule has 1 aromatic heterocycles. The van der Waals surface area contributed by atoms with Gasteiger partial charge in [-0.2, -0.15) is 0 Å². The Kier molecular flexibility index (Phi) is 6.22. The first-order chi connectivity index (χ1) is 11.9. The summed E-state index contributed by atoms with van der Waals surface area (Å²) in [5, 5.41) is 2.72. The summed E-state index contributed by atoms with van der Waals surface area (Å²) < 4.78 is 5.45. The summed E-state index contributed by atoms with van der Waals surface area (Å²) in [6.45, 7) is 7.53. The lowest BCUT2D eigenvalue weighted by Crippen LogP contribution is -2.21. The van der Waals surface area contributed by atoms with Gasteiger partial charge in [-0.3, -0.25) is 9.59 Å². The molecular weight excluding hydrogens is 318 g/mol. The van der Waals surface area contributed by atoms with E-state index < -0.39 is 0 Å². The van der Waals surface area contributed by atoms with Crippen LogP contribution in [0, 0.1) is 6.92 Å².